The third-order valence-corrected chi connectivity index (χ3v) is 5.14. The van der Waals surface area contributed by atoms with E-state index < -0.39 is 21.0 Å². The molecule has 2 N–H and O–H groups in total. The number of nitrogens with zero attached hydrogens (tertiary/aromatic N) is 2. The maximum atomic E-state index is 13.9. The van der Waals surface area contributed by atoms with Crippen LogP contribution in [0.25, 0.3) is 0 Å². The average Bonchev–Trinajstić information content (AvgIpc) is 2.45. The van der Waals surface area contributed by atoms with E-state index in [9.17, 15) is 14.5 Å². The molecule has 1 aromatic rings. The highest BCUT2D eigenvalue weighted by atomic mass is 32.2. The zero-order chi connectivity index (χ0) is 16.3. The van der Waals surface area contributed by atoms with E-state index in [4.69, 9.17) is 11.0 Å². The number of nitro benzene ring substituents is 1. The maximum absolute atomic E-state index is 13.9. The molecule has 0 saturated heterocycles. The van der Waals surface area contributed by atoms with Gasteiger partial charge < -0.3 is 5.73 Å². The molecule has 0 saturated carbocycles. The first-order chi connectivity index (χ1) is 9.65. The minimum absolute atomic E-state index is 0.0839. The number of nitrogens with two attached hydrogens (primary N) is 1. The van der Waals surface area contributed by atoms with E-state index in [0.29, 0.717) is 6.42 Å². The van der Waals surface area contributed by atoms with E-state index in [-0.39, 0.29) is 17.0 Å². The summed E-state index contributed by atoms with van der Waals surface area (Å²) in [7, 11) is 0. The van der Waals surface area contributed by atoms with E-state index in [2.05, 4.69) is 6.07 Å². The van der Waals surface area contributed by atoms with Gasteiger partial charge in [-0.1, -0.05) is 6.92 Å². The van der Waals surface area contributed by atoms with Gasteiger partial charge in [-0.15, -0.1) is 11.8 Å². The standard InChI is InChI=1S/C14H18FN3O2S/c1-4-13(2,8-16)21-9-14(3,17)11-7-10(18(19)20)5-6-12(11)15/h5-7H,4,9,17H2,1-3H3/t13?,14-/m0/s1. The fourth-order valence-electron chi connectivity index (χ4n) is 1.66. The molecule has 0 aliphatic rings. The van der Waals surface area contributed by atoms with Gasteiger partial charge in [-0.05, 0) is 26.3 Å². The number of hydrogen-bond donors (Lipinski definition) is 1. The smallest absolute Gasteiger partial charge is 0.269 e. The van der Waals surface area contributed by atoms with Gasteiger partial charge in [0.15, 0.2) is 0 Å². The second-order valence-corrected chi connectivity index (χ2v) is 6.80. The molecule has 21 heavy (non-hydrogen) atoms. The first-order valence-electron chi connectivity index (χ1n) is 6.44. The number of non-ortho nitro benzene ring substituents is 1. The van der Waals surface area contributed by atoms with Crippen molar-refractivity contribution in [1.82, 2.24) is 0 Å². The van der Waals surface area contributed by atoms with E-state index in [0.717, 1.165) is 18.2 Å². The number of rotatable bonds is 6. The molecule has 0 radical (unpaired) electrons. The van der Waals surface area contributed by atoms with Crippen molar-refractivity contribution in [3.8, 4) is 6.07 Å². The molecular formula is C14H18FN3O2S. The molecule has 0 fully saturated rings. The summed E-state index contributed by atoms with van der Waals surface area (Å²) >= 11 is 1.33. The van der Waals surface area contributed by atoms with E-state index in [1.54, 1.807) is 13.8 Å². The van der Waals surface area contributed by atoms with Crippen molar-refractivity contribution in [3.63, 3.8) is 0 Å². The van der Waals surface area contributed by atoms with Gasteiger partial charge in [-0.25, -0.2) is 4.39 Å². The number of benzene rings is 1. The predicted octanol–water partition coefficient (Wildman–Crippen LogP) is 3.33. The molecule has 1 rings (SSSR count). The summed E-state index contributed by atoms with van der Waals surface area (Å²) in [5.41, 5.74) is 4.91. The number of nitro groups is 1. The van der Waals surface area contributed by atoms with Crippen molar-refractivity contribution in [2.75, 3.05) is 5.75 Å². The number of halogens is 1. The Morgan fingerprint density at radius 3 is 2.62 bits per heavy atom. The van der Waals surface area contributed by atoms with Gasteiger partial charge in [0.25, 0.3) is 5.69 Å². The lowest BCUT2D eigenvalue weighted by molar-refractivity contribution is -0.385. The largest absolute Gasteiger partial charge is 0.321 e. The Morgan fingerprint density at radius 1 is 1.52 bits per heavy atom. The summed E-state index contributed by atoms with van der Waals surface area (Å²) in [6.07, 6.45) is 0.627. The lowest BCUT2D eigenvalue weighted by Crippen LogP contribution is -2.38. The number of thioether (sulfide) groups is 1. The maximum Gasteiger partial charge on any atom is 0.269 e. The highest BCUT2D eigenvalue weighted by Crippen LogP contribution is 2.34. The van der Waals surface area contributed by atoms with Gasteiger partial charge >= 0.3 is 0 Å². The summed E-state index contributed by atoms with van der Waals surface area (Å²) in [5, 5.41) is 19.9. The van der Waals surface area contributed by atoms with Crippen molar-refractivity contribution < 1.29 is 9.31 Å². The van der Waals surface area contributed by atoms with Crippen LogP contribution in [0.15, 0.2) is 18.2 Å². The normalized spacial score (nSPS) is 16.6. The molecule has 0 spiro atoms. The Labute approximate surface area is 127 Å². The van der Waals surface area contributed by atoms with E-state index in [1.165, 1.54) is 11.8 Å². The van der Waals surface area contributed by atoms with Crippen molar-refractivity contribution in [3.05, 3.63) is 39.7 Å². The average molecular weight is 311 g/mol. The molecule has 5 nitrogen and oxygen atoms in total. The van der Waals surface area contributed by atoms with Gasteiger partial charge in [0.1, 0.15) is 5.82 Å². The Morgan fingerprint density at radius 2 is 2.14 bits per heavy atom. The molecule has 1 unspecified atom stereocenters. The third kappa shape index (κ3) is 4.16. The monoisotopic (exact) mass is 311 g/mol. The lowest BCUT2D eigenvalue weighted by Gasteiger charge is -2.29. The molecule has 1 aromatic carbocycles. The highest BCUT2D eigenvalue weighted by molar-refractivity contribution is 8.00. The van der Waals surface area contributed by atoms with Crippen LogP contribution in [0.5, 0.6) is 0 Å². The van der Waals surface area contributed by atoms with Crippen molar-refractivity contribution in [2.45, 2.75) is 37.5 Å². The van der Waals surface area contributed by atoms with E-state index in [1.807, 2.05) is 6.92 Å². The van der Waals surface area contributed by atoms with Crippen LogP contribution >= 0.6 is 11.8 Å². The van der Waals surface area contributed by atoms with Gasteiger partial charge in [0.2, 0.25) is 0 Å². The lowest BCUT2D eigenvalue weighted by atomic mass is 9.94. The van der Waals surface area contributed by atoms with Crippen LogP contribution in [0.2, 0.25) is 0 Å². The first-order valence-corrected chi connectivity index (χ1v) is 7.42. The Kier molecular flexibility index (Phi) is 5.31. The minimum atomic E-state index is -1.10. The van der Waals surface area contributed by atoms with Crippen LogP contribution in [0.1, 0.15) is 32.8 Å². The zero-order valence-corrected chi connectivity index (χ0v) is 13.0. The summed E-state index contributed by atoms with van der Waals surface area (Å²) in [5.74, 6) is -0.301. The Hall–Kier alpha value is -1.65. The quantitative estimate of drug-likeness (QED) is 0.642. The van der Waals surface area contributed by atoms with Gasteiger partial charge in [-0.2, -0.15) is 5.26 Å². The second kappa shape index (κ2) is 6.41. The summed E-state index contributed by atoms with van der Waals surface area (Å²) < 4.78 is 13.3. The fourth-order valence-corrected chi connectivity index (χ4v) is 2.71. The third-order valence-electron chi connectivity index (χ3n) is 3.38. The molecule has 0 heterocycles. The Balaban J connectivity index is 3.05. The van der Waals surface area contributed by atoms with E-state index >= 15 is 0 Å². The van der Waals surface area contributed by atoms with Crippen molar-refractivity contribution in [2.24, 2.45) is 5.73 Å². The van der Waals surface area contributed by atoms with Crippen LogP contribution in [0.3, 0.4) is 0 Å². The molecule has 0 amide bonds. The highest BCUT2D eigenvalue weighted by Gasteiger charge is 2.31. The number of nitriles is 1. The van der Waals surface area contributed by atoms with Crippen LogP contribution in [-0.2, 0) is 5.54 Å². The minimum Gasteiger partial charge on any atom is -0.321 e. The Bertz CT molecular complexity index is 586. The van der Waals surface area contributed by atoms with Crippen molar-refractivity contribution >= 4 is 17.4 Å². The zero-order valence-electron chi connectivity index (χ0n) is 12.2. The molecule has 114 valence electrons. The summed E-state index contributed by atoms with van der Waals surface area (Å²) in [6.45, 7) is 5.28. The molecule has 0 bridgehead atoms. The first kappa shape index (κ1) is 17.4. The molecule has 0 aromatic heterocycles. The van der Waals surface area contributed by atoms with Gasteiger partial charge in [0.05, 0.1) is 21.3 Å². The molecule has 0 aliphatic heterocycles. The van der Waals surface area contributed by atoms with Crippen LogP contribution in [0.4, 0.5) is 10.1 Å². The van der Waals surface area contributed by atoms with Crippen LogP contribution in [0, 0.1) is 27.3 Å². The van der Waals surface area contributed by atoms with Crippen LogP contribution < -0.4 is 5.73 Å². The van der Waals surface area contributed by atoms with Crippen molar-refractivity contribution in [1.29, 1.82) is 5.26 Å². The topological polar surface area (TPSA) is 93.0 Å². The second-order valence-electron chi connectivity index (χ2n) is 5.32. The van der Waals surface area contributed by atoms with Gasteiger partial charge in [-0.3, -0.25) is 10.1 Å². The molecular weight excluding hydrogens is 293 g/mol. The summed E-state index contributed by atoms with van der Waals surface area (Å²) in [6, 6.07) is 5.51. The summed E-state index contributed by atoms with van der Waals surface area (Å²) in [4.78, 5) is 10.2. The fraction of sp³-hybridized carbons (Fsp3) is 0.500. The SMILES string of the molecule is CCC(C)(C#N)SC[C@](C)(N)c1cc([N+](=O)[O-])ccc1F. The molecule has 2 atom stereocenters. The molecule has 0 aliphatic carbocycles. The molecule has 7 heteroatoms. The predicted molar refractivity (Wildman–Crippen MR) is 81.4 cm³/mol. The van der Waals surface area contributed by atoms with Gasteiger partial charge in [0, 0.05) is 23.4 Å². The number of hydrogen-bond acceptors (Lipinski definition) is 5. The van der Waals surface area contributed by atoms with Crippen LogP contribution in [-0.4, -0.2) is 15.4 Å².